The Morgan fingerprint density at radius 1 is 1.06 bits per heavy atom. The van der Waals surface area contributed by atoms with Crippen molar-refractivity contribution in [2.24, 2.45) is 11.3 Å². The molecule has 0 radical (unpaired) electrons. The van der Waals surface area contributed by atoms with Crippen LogP contribution in [0.2, 0.25) is 0 Å². The quantitative estimate of drug-likeness (QED) is 0.759. The molecular weight excluding hydrogens is 212 g/mol. The Bertz CT molecular complexity index is 283. The van der Waals surface area contributed by atoms with Crippen molar-refractivity contribution in [2.75, 3.05) is 6.61 Å². The zero-order chi connectivity index (χ0) is 11.9. The number of ether oxygens (including phenoxy) is 1. The van der Waals surface area contributed by atoms with Crippen molar-refractivity contribution in [3.05, 3.63) is 0 Å². The van der Waals surface area contributed by atoms with Gasteiger partial charge in [-0.1, -0.05) is 19.8 Å². The maximum atomic E-state index is 9.82. The zero-order valence-electron chi connectivity index (χ0n) is 11.1. The predicted octanol–water partition coefficient (Wildman–Crippen LogP) is 3.28. The molecule has 2 heteroatoms. The van der Waals surface area contributed by atoms with E-state index < -0.39 is 0 Å². The highest BCUT2D eigenvalue weighted by molar-refractivity contribution is 4.98. The van der Waals surface area contributed by atoms with E-state index in [1.165, 1.54) is 44.9 Å². The number of aliphatic hydroxyl groups excluding tert-OH is 1. The molecule has 3 aliphatic rings. The Morgan fingerprint density at radius 3 is 2.47 bits per heavy atom. The largest absolute Gasteiger partial charge is 0.393 e. The summed E-state index contributed by atoms with van der Waals surface area (Å²) >= 11 is 0. The Balaban J connectivity index is 1.71. The second-order valence-electron chi connectivity index (χ2n) is 6.98. The lowest BCUT2D eigenvalue weighted by Crippen LogP contribution is -2.42. The van der Waals surface area contributed by atoms with Gasteiger partial charge in [0.05, 0.1) is 11.7 Å². The highest BCUT2D eigenvalue weighted by atomic mass is 16.5. The number of hydrogen-bond acceptors (Lipinski definition) is 2. The van der Waals surface area contributed by atoms with E-state index in [1.54, 1.807) is 0 Å². The van der Waals surface area contributed by atoms with Crippen LogP contribution < -0.4 is 0 Å². The van der Waals surface area contributed by atoms with E-state index in [4.69, 9.17) is 4.74 Å². The van der Waals surface area contributed by atoms with Gasteiger partial charge in [0.2, 0.25) is 0 Å². The standard InChI is InChI=1S/C15H26O2/c1-14(8-4-13(16)11-14)12-5-9-17-15(10-12)6-2-3-7-15/h12-13,16H,2-11H2,1H3. The molecule has 0 aromatic carbocycles. The summed E-state index contributed by atoms with van der Waals surface area (Å²) in [6.07, 6.45) is 11.0. The molecule has 2 nitrogen and oxygen atoms in total. The van der Waals surface area contributed by atoms with Crippen LogP contribution in [0.25, 0.3) is 0 Å². The molecule has 17 heavy (non-hydrogen) atoms. The lowest BCUT2D eigenvalue weighted by atomic mass is 9.68. The van der Waals surface area contributed by atoms with Crippen LogP contribution in [0.5, 0.6) is 0 Å². The first-order chi connectivity index (χ1) is 8.12. The fourth-order valence-corrected chi connectivity index (χ4v) is 4.60. The molecule has 1 saturated heterocycles. The summed E-state index contributed by atoms with van der Waals surface area (Å²) < 4.78 is 6.13. The molecule has 1 N–H and O–H groups in total. The molecule has 1 heterocycles. The molecular formula is C15H26O2. The zero-order valence-corrected chi connectivity index (χ0v) is 11.1. The summed E-state index contributed by atoms with van der Waals surface area (Å²) in [4.78, 5) is 0. The molecule has 3 fully saturated rings. The van der Waals surface area contributed by atoms with Crippen molar-refractivity contribution < 1.29 is 9.84 Å². The van der Waals surface area contributed by atoms with Crippen molar-refractivity contribution in [2.45, 2.75) is 76.4 Å². The first-order valence-electron chi connectivity index (χ1n) is 7.44. The summed E-state index contributed by atoms with van der Waals surface area (Å²) in [7, 11) is 0. The van der Waals surface area contributed by atoms with Crippen LogP contribution in [0, 0.1) is 11.3 Å². The van der Waals surface area contributed by atoms with Gasteiger partial charge in [-0.2, -0.15) is 0 Å². The molecule has 3 rings (SSSR count). The first kappa shape index (κ1) is 12.0. The number of rotatable bonds is 1. The molecule has 2 aliphatic carbocycles. The SMILES string of the molecule is CC1(C2CCOC3(CCCC3)C2)CCC(O)C1. The molecule has 1 aliphatic heterocycles. The van der Waals surface area contributed by atoms with Crippen LogP contribution in [0.1, 0.15) is 64.7 Å². The van der Waals surface area contributed by atoms with Crippen LogP contribution in [0.15, 0.2) is 0 Å². The Kier molecular flexibility index (Phi) is 2.99. The van der Waals surface area contributed by atoms with Gasteiger partial charge in [0.15, 0.2) is 0 Å². The number of aliphatic hydroxyl groups is 1. The minimum Gasteiger partial charge on any atom is -0.393 e. The van der Waals surface area contributed by atoms with Crippen molar-refractivity contribution in [3.63, 3.8) is 0 Å². The molecule has 0 aromatic rings. The minimum atomic E-state index is -0.0395. The van der Waals surface area contributed by atoms with Crippen molar-refractivity contribution in [1.82, 2.24) is 0 Å². The van der Waals surface area contributed by atoms with Crippen LogP contribution in [0.3, 0.4) is 0 Å². The van der Waals surface area contributed by atoms with Gasteiger partial charge < -0.3 is 9.84 Å². The van der Waals surface area contributed by atoms with Gasteiger partial charge in [0.1, 0.15) is 0 Å². The smallest absolute Gasteiger partial charge is 0.0685 e. The molecule has 3 atom stereocenters. The average Bonchev–Trinajstić information content (AvgIpc) is 2.88. The number of hydrogen-bond donors (Lipinski definition) is 1. The normalized spacial score (nSPS) is 45.5. The van der Waals surface area contributed by atoms with Gasteiger partial charge >= 0.3 is 0 Å². The van der Waals surface area contributed by atoms with Crippen LogP contribution in [-0.2, 0) is 4.74 Å². The molecule has 1 spiro atoms. The van der Waals surface area contributed by atoms with E-state index in [2.05, 4.69) is 6.92 Å². The van der Waals surface area contributed by atoms with E-state index in [0.717, 1.165) is 25.4 Å². The summed E-state index contributed by atoms with van der Waals surface area (Å²) in [6.45, 7) is 3.36. The highest BCUT2D eigenvalue weighted by Gasteiger charge is 2.47. The fraction of sp³-hybridized carbons (Fsp3) is 1.00. The second-order valence-corrected chi connectivity index (χ2v) is 6.98. The minimum absolute atomic E-state index is 0.0395. The maximum absolute atomic E-state index is 9.82. The first-order valence-corrected chi connectivity index (χ1v) is 7.44. The average molecular weight is 238 g/mol. The summed E-state index contributed by atoms with van der Waals surface area (Å²) in [5.41, 5.74) is 0.623. The van der Waals surface area contributed by atoms with Gasteiger partial charge in [-0.3, -0.25) is 0 Å². The van der Waals surface area contributed by atoms with Crippen LogP contribution in [-0.4, -0.2) is 23.4 Å². The second kappa shape index (κ2) is 4.24. The molecule has 0 bridgehead atoms. The van der Waals surface area contributed by atoms with Gasteiger partial charge in [-0.05, 0) is 56.3 Å². The van der Waals surface area contributed by atoms with Crippen LogP contribution in [0.4, 0.5) is 0 Å². The third-order valence-electron chi connectivity index (χ3n) is 5.74. The Labute approximate surface area is 105 Å². The molecule has 2 saturated carbocycles. The lowest BCUT2D eigenvalue weighted by Gasteiger charge is -2.45. The van der Waals surface area contributed by atoms with Crippen molar-refractivity contribution in [1.29, 1.82) is 0 Å². The highest BCUT2D eigenvalue weighted by Crippen LogP contribution is 2.52. The van der Waals surface area contributed by atoms with Gasteiger partial charge in [0, 0.05) is 6.61 Å². The lowest BCUT2D eigenvalue weighted by molar-refractivity contribution is -0.114. The summed E-state index contributed by atoms with van der Waals surface area (Å²) in [5, 5.41) is 9.82. The monoisotopic (exact) mass is 238 g/mol. The Hall–Kier alpha value is -0.0800. The Morgan fingerprint density at radius 2 is 1.82 bits per heavy atom. The molecule has 98 valence electrons. The van der Waals surface area contributed by atoms with E-state index >= 15 is 0 Å². The summed E-state index contributed by atoms with van der Waals surface area (Å²) in [6, 6.07) is 0. The van der Waals surface area contributed by atoms with Crippen molar-refractivity contribution in [3.8, 4) is 0 Å². The van der Waals surface area contributed by atoms with E-state index in [-0.39, 0.29) is 11.7 Å². The van der Waals surface area contributed by atoms with Crippen LogP contribution >= 0.6 is 0 Å². The molecule has 0 aromatic heterocycles. The van der Waals surface area contributed by atoms with Gasteiger partial charge in [-0.15, -0.1) is 0 Å². The third-order valence-corrected chi connectivity index (χ3v) is 5.74. The van der Waals surface area contributed by atoms with E-state index in [1.807, 2.05) is 0 Å². The van der Waals surface area contributed by atoms with E-state index in [0.29, 0.717) is 5.41 Å². The van der Waals surface area contributed by atoms with Gasteiger partial charge in [0.25, 0.3) is 0 Å². The fourth-order valence-electron chi connectivity index (χ4n) is 4.60. The summed E-state index contributed by atoms with van der Waals surface area (Å²) in [5.74, 6) is 0.784. The topological polar surface area (TPSA) is 29.5 Å². The molecule has 3 unspecified atom stereocenters. The predicted molar refractivity (Wildman–Crippen MR) is 67.8 cm³/mol. The van der Waals surface area contributed by atoms with Gasteiger partial charge in [-0.25, -0.2) is 0 Å². The molecule has 0 amide bonds. The third kappa shape index (κ3) is 2.15. The van der Waals surface area contributed by atoms with Crippen molar-refractivity contribution >= 4 is 0 Å². The van der Waals surface area contributed by atoms with E-state index in [9.17, 15) is 5.11 Å². The maximum Gasteiger partial charge on any atom is 0.0685 e.